The van der Waals surface area contributed by atoms with Gasteiger partial charge in [0.15, 0.2) is 0 Å². The SMILES string of the molecule is O=S([O-])Oc1cc(Nc2nc(CCC(O)C(O)C(O)C(O)CO)nc(Nc3ccccc3)n2)ccc1/C=C/c1ccc(Nc2nc(NCC(O)C(O)C(O)C(O)CO)nc(Nc3ccccc3)n2)cc1OS(=O)[O-].[Na+].[Na+]. The molecule has 2 aromatic heterocycles. The molecule has 0 fully saturated rings. The summed E-state index contributed by atoms with van der Waals surface area (Å²) < 4.78 is 57.8. The predicted octanol–water partition coefficient (Wildman–Crippen LogP) is -6.23. The van der Waals surface area contributed by atoms with Crippen LogP contribution in [0.3, 0.4) is 0 Å². The summed E-state index contributed by atoms with van der Waals surface area (Å²) in [7, 11) is 0. The molecule has 0 radical (unpaired) electrons. The minimum Gasteiger partial charge on any atom is -0.740 e. The van der Waals surface area contributed by atoms with Crippen molar-refractivity contribution >= 4 is 87.4 Å². The molecule has 2 heterocycles. The number of nitrogens with zero attached hydrogens (tertiary/aromatic N) is 6. The molecule has 4 aromatic carbocycles. The van der Waals surface area contributed by atoms with Gasteiger partial charge >= 0.3 is 59.1 Å². The molecule has 27 nitrogen and oxygen atoms in total. The number of hydrogen-bond donors (Lipinski definition) is 15. The summed E-state index contributed by atoms with van der Waals surface area (Å²) in [5, 5.41) is 114. The van der Waals surface area contributed by atoms with E-state index >= 15 is 0 Å². The van der Waals surface area contributed by atoms with Crippen LogP contribution in [-0.2, 0) is 29.1 Å². The van der Waals surface area contributed by atoms with Gasteiger partial charge < -0.3 is 95.1 Å². The quantitative estimate of drug-likeness (QED) is 0.0123. The molecule has 0 saturated carbocycles. The second kappa shape index (κ2) is 31.5. The van der Waals surface area contributed by atoms with E-state index in [-0.39, 0.29) is 142 Å². The van der Waals surface area contributed by atoms with Crippen LogP contribution in [0.4, 0.5) is 52.5 Å². The van der Waals surface area contributed by atoms with Gasteiger partial charge in [-0.15, -0.1) is 0 Å². The first-order valence-corrected chi connectivity index (χ1v) is 24.1. The van der Waals surface area contributed by atoms with Gasteiger partial charge in [0.1, 0.15) is 76.7 Å². The monoisotopic (exact) mass is 1110 g/mol. The summed E-state index contributed by atoms with van der Waals surface area (Å²) in [6, 6.07) is 26.1. The minimum atomic E-state index is -3.09. The van der Waals surface area contributed by atoms with Crippen LogP contribution in [0.5, 0.6) is 11.5 Å². The number of hydrogen-bond acceptors (Lipinski definition) is 27. The van der Waals surface area contributed by atoms with Crippen LogP contribution in [-0.4, -0.2) is 167 Å². The van der Waals surface area contributed by atoms with Crippen molar-refractivity contribution in [3.63, 3.8) is 0 Å². The first-order valence-electron chi connectivity index (χ1n) is 22.1. The van der Waals surface area contributed by atoms with Crippen molar-refractivity contribution in [1.29, 1.82) is 0 Å². The maximum atomic E-state index is 11.9. The summed E-state index contributed by atoms with van der Waals surface area (Å²) in [5.74, 6) is -0.598. The Labute approximate surface area is 483 Å². The smallest absolute Gasteiger partial charge is 0.740 e. The van der Waals surface area contributed by atoms with Crippen molar-refractivity contribution in [2.24, 2.45) is 0 Å². The molecular formula is C45H51N11Na2O16S2. The molecule has 0 saturated heterocycles. The van der Waals surface area contributed by atoms with Crippen molar-refractivity contribution in [1.82, 2.24) is 29.9 Å². The zero-order chi connectivity index (χ0) is 53.3. The maximum Gasteiger partial charge on any atom is 1.00 e. The van der Waals surface area contributed by atoms with E-state index in [1.54, 1.807) is 60.7 Å². The molecule has 31 heteroatoms. The van der Waals surface area contributed by atoms with Crippen LogP contribution < -0.4 is 94.1 Å². The molecule has 10 unspecified atom stereocenters. The number of aryl methyl sites for hydroxylation is 1. The van der Waals surface area contributed by atoms with Gasteiger partial charge in [0, 0.05) is 59.0 Å². The van der Waals surface area contributed by atoms with Crippen LogP contribution >= 0.6 is 0 Å². The zero-order valence-electron chi connectivity index (χ0n) is 40.5. The number of aliphatic hydroxyl groups is 10. The molecule has 15 N–H and O–H groups in total. The Morgan fingerprint density at radius 2 is 0.855 bits per heavy atom. The van der Waals surface area contributed by atoms with E-state index in [0.29, 0.717) is 11.4 Å². The number of aromatic nitrogens is 6. The maximum absolute atomic E-state index is 11.9. The van der Waals surface area contributed by atoms with Gasteiger partial charge in [-0.2, -0.15) is 29.9 Å². The molecular weight excluding hydrogens is 1060 g/mol. The molecule has 0 aliphatic carbocycles. The van der Waals surface area contributed by atoms with Gasteiger partial charge in [0.05, 0.1) is 25.4 Å². The largest absolute Gasteiger partial charge is 1.00 e. The van der Waals surface area contributed by atoms with Gasteiger partial charge in [-0.1, -0.05) is 48.6 Å². The fraction of sp³-hybridized carbons (Fsp3) is 0.289. The molecule has 0 bridgehead atoms. The Morgan fingerprint density at radius 3 is 1.26 bits per heavy atom. The van der Waals surface area contributed by atoms with E-state index in [1.165, 1.54) is 48.6 Å². The Kier molecular flexibility index (Phi) is 26.3. The third-order valence-corrected chi connectivity index (χ3v) is 11.1. The van der Waals surface area contributed by atoms with Gasteiger partial charge in [0.25, 0.3) is 0 Å². The average molecular weight is 1110 g/mol. The van der Waals surface area contributed by atoms with Crippen LogP contribution in [0.1, 0.15) is 23.4 Å². The topological polar surface area (TPSA) is 439 Å². The summed E-state index contributed by atoms with van der Waals surface area (Å²) in [6.07, 6.45) is -11.5. The number of anilines is 9. The van der Waals surface area contributed by atoms with Gasteiger partial charge in [-0.3, -0.25) is 0 Å². The van der Waals surface area contributed by atoms with Crippen LogP contribution in [0.15, 0.2) is 97.1 Å². The van der Waals surface area contributed by atoms with E-state index in [9.17, 15) is 58.4 Å². The first kappa shape index (κ1) is 63.6. The number of para-hydroxylation sites is 2. The van der Waals surface area contributed by atoms with Crippen LogP contribution in [0, 0.1) is 0 Å². The van der Waals surface area contributed by atoms with E-state index in [0.717, 1.165) is 0 Å². The summed E-state index contributed by atoms with van der Waals surface area (Å²) in [5.41, 5.74) is 1.94. The molecule has 0 aliphatic heterocycles. The van der Waals surface area contributed by atoms with Crippen molar-refractivity contribution in [3.8, 4) is 11.5 Å². The summed E-state index contributed by atoms with van der Waals surface area (Å²) in [4.78, 5) is 26.1. The second-order valence-electron chi connectivity index (χ2n) is 15.9. The Bertz CT molecular complexity index is 2660. The predicted molar refractivity (Wildman–Crippen MR) is 266 cm³/mol. The molecule has 0 spiro atoms. The summed E-state index contributed by atoms with van der Waals surface area (Å²) >= 11 is -6.17. The summed E-state index contributed by atoms with van der Waals surface area (Å²) in [6.45, 7) is -2.17. The standard InChI is InChI=1S/C45H53N11O16S2.2Na/c57-22-32(61)39(65)37(63)30(59)17-18-36-51-42(47-26-7-3-1-4-8-26)55-43(52-36)49-28-15-13-24(34(19-28)71-73(67)68)11-12-25-14-16-29(20-35(25)72-74(69)70)50-45-54-41(46-21-31(60)38(64)40(66)33(62)23-58)53-44(56-45)48-27-9-5-2-6-10-27;;/h1-16,19-20,30-33,37-40,57-66H,17-18,21-23H2,(H,67,68)(H,69,70)(H2,47,49,51,52,55)(H3,46,48,50,53,54,56);;/q;2*+1/p-2/b12-11+;;. The van der Waals surface area contributed by atoms with Crippen molar-refractivity contribution in [2.45, 2.75) is 61.7 Å². The minimum absolute atomic E-state index is 0. The molecule has 396 valence electrons. The van der Waals surface area contributed by atoms with Gasteiger partial charge in [0.2, 0.25) is 29.7 Å². The van der Waals surface area contributed by atoms with Crippen molar-refractivity contribution in [3.05, 3.63) is 114 Å². The molecule has 0 aliphatic rings. The van der Waals surface area contributed by atoms with E-state index in [2.05, 4.69) is 56.5 Å². The third-order valence-electron chi connectivity index (χ3n) is 10.5. The number of nitrogens with one attached hydrogen (secondary N) is 5. The molecule has 0 amide bonds. The van der Waals surface area contributed by atoms with Crippen molar-refractivity contribution < 1.29 is 136 Å². The van der Waals surface area contributed by atoms with Gasteiger partial charge in [-0.25, -0.2) is 8.42 Å². The van der Waals surface area contributed by atoms with Gasteiger partial charge in [-0.05, 0) is 55.0 Å². The Balaban J connectivity index is 0.00000624. The fourth-order valence-corrected chi connectivity index (χ4v) is 7.21. The van der Waals surface area contributed by atoms with Crippen molar-refractivity contribution in [2.75, 3.05) is 46.3 Å². The molecule has 10 atom stereocenters. The van der Waals surface area contributed by atoms with Crippen LogP contribution in [0.25, 0.3) is 12.2 Å². The first-order chi connectivity index (χ1) is 35.5. The second-order valence-corrected chi connectivity index (χ2v) is 17.0. The van der Waals surface area contributed by atoms with E-state index < -0.39 is 91.3 Å². The Hall–Kier alpha value is -4.94. The van der Waals surface area contributed by atoms with E-state index in [1.807, 2.05) is 0 Å². The number of rotatable bonds is 28. The average Bonchev–Trinajstić information content (AvgIpc) is 3.38. The van der Waals surface area contributed by atoms with E-state index in [4.69, 9.17) is 18.6 Å². The molecule has 6 aromatic rings. The molecule has 76 heavy (non-hydrogen) atoms. The number of benzene rings is 4. The molecule has 6 rings (SSSR count). The zero-order valence-corrected chi connectivity index (χ0v) is 46.1. The number of aliphatic hydroxyl groups excluding tert-OH is 10. The normalized spacial score (nSPS) is 15.2. The van der Waals surface area contributed by atoms with Crippen LogP contribution in [0.2, 0.25) is 0 Å². The third kappa shape index (κ3) is 19.5. The fourth-order valence-electron chi connectivity index (χ4n) is 6.63. The Morgan fingerprint density at radius 1 is 0.487 bits per heavy atom.